The number of carbonyl (C=O) groups excluding carboxylic acids is 1. The van der Waals surface area contributed by atoms with E-state index in [0.717, 1.165) is 41.2 Å². The highest BCUT2D eigenvalue weighted by molar-refractivity contribution is 6.10. The van der Waals surface area contributed by atoms with Crippen molar-refractivity contribution in [2.75, 3.05) is 18.0 Å². The van der Waals surface area contributed by atoms with E-state index >= 15 is 0 Å². The van der Waals surface area contributed by atoms with Gasteiger partial charge in [0.05, 0.1) is 0 Å². The number of amides is 1. The summed E-state index contributed by atoms with van der Waals surface area (Å²) in [6.45, 7) is 7.85. The van der Waals surface area contributed by atoms with E-state index in [1.54, 1.807) is 0 Å². The number of fused-ring (bicyclic) bond motifs is 4. The van der Waals surface area contributed by atoms with Crippen LogP contribution in [0.5, 0.6) is 0 Å². The third-order valence-electron chi connectivity index (χ3n) is 6.41. The monoisotopic (exact) mass is 407 g/mol. The molecule has 2 aliphatic heterocycles. The smallest absolute Gasteiger partial charge is 0.256 e. The van der Waals surface area contributed by atoms with E-state index in [-0.39, 0.29) is 18.3 Å². The SMILES string of the molecule is CCN1C(=O)C2(NCCc3c2c(C)n(-c2ccccc2)c3C)c2ccccc21.Cl. The number of benzene rings is 2. The van der Waals surface area contributed by atoms with Crippen molar-refractivity contribution in [2.45, 2.75) is 32.7 Å². The van der Waals surface area contributed by atoms with Gasteiger partial charge >= 0.3 is 0 Å². The van der Waals surface area contributed by atoms with E-state index in [0.29, 0.717) is 6.54 Å². The maximum atomic E-state index is 13.8. The molecule has 0 radical (unpaired) electrons. The maximum Gasteiger partial charge on any atom is 0.256 e. The van der Waals surface area contributed by atoms with E-state index in [1.165, 1.54) is 11.3 Å². The van der Waals surface area contributed by atoms with E-state index in [4.69, 9.17) is 0 Å². The standard InChI is InChI=1S/C24H25N3O.ClH/c1-4-26-21-13-9-8-12-20(21)24(23(26)28)22-17(3)27(18-10-6-5-7-11-18)16(2)19(22)14-15-25-24;/h5-13,25H,4,14-15H2,1-3H3;1H. The first-order chi connectivity index (χ1) is 13.6. The van der Waals surface area contributed by atoms with Gasteiger partial charge in [0.25, 0.3) is 5.91 Å². The zero-order chi connectivity index (χ0) is 19.5. The molecular formula is C24H26ClN3O. The molecular weight excluding hydrogens is 382 g/mol. The lowest BCUT2D eigenvalue weighted by atomic mass is 9.78. The van der Waals surface area contributed by atoms with Gasteiger partial charge in [-0.15, -0.1) is 12.4 Å². The van der Waals surface area contributed by atoms with Gasteiger partial charge in [0.15, 0.2) is 5.54 Å². The van der Waals surface area contributed by atoms with Gasteiger partial charge in [0.1, 0.15) is 0 Å². The number of nitrogens with zero attached hydrogens (tertiary/aromatic N) is 2. The lowest BCUT2D eigenvalue weighted by Gasteiger charge is -2.35. The molecule has 150 valence electrons. The summed E-state index contributed by atoms with van der Waals surface area (Å²) in [7, 11) is 0. The van der Waals surface area contributed by atoms with Crippen LogP contribution in [0.15, 0.2) is 54.6 Å². The summed E-state index contributed by atoms with van der Waals surface area (Å²) < 4.78 is 2.31. The molecule has 29 heavy (non-hydrogen) atoms. The third-order valence-corrected chi connectivity index (χ3v) is 6.41. The van der Waals surface area contributed by atoms with Crippen LogP contribution in [0.4, 0.5) is 5.69 Å². The van der Waals surface area contributed by atoms with Gasteiger partial charge in [-0.05, 0) is 51.0 Å². The molecule has 0 saturated carbocycles. The van der Waals surface area contributed by atoms with E-state index in [9.17, 15) is 4.79 Å². The lowest BCUT2D eigenvalue weighted by molar-refractivity contribution is -0.123. The normalized spacial score (nSPS) is 19.8. The van der Waals surface area contributed by atoms with Crippen molar-refractivity contribution < 1.29 is 4.79 Å². The van der Waals surface area contributed by atoms with Crippen LogP contribution >= 0.6 is 12.4 Å². The van der Waals surface area contributed by atoms with E-state index in [2.05, 4.69) is 60.1 Å². The summed E-state index contributed by atoms with van der Waals surface area (Å²) in [6, 6.07) is 18.7. The summed E-state index contributed by atoms with van der Waals surface area (Å²) in [5, 5.41) is 3.65. The predicted molar refractivity (Wildman–Crippen MR) is 119 cm³/mol. The molecule has 2 aromatic carbocycles. The first-order valence-corrected chi connectivity index (χ1v) is 10.0. The van der Waals surface area contributed by atoms with E-state index in [1.807, 2.05) is 30.0 Å². The topological polar surface area (TPSA) is 37.3 Å². The summed E-state index contributed by atoms with van der Waals surface area (Å²) >= 11 is 0. The molecule has 2 aliphatic rings. The largest absolute Gasteiger partial charge is 0.318 e. The van der Waals surface area contributed by atoms with Gasteiger partial charge in [-0.3, -0.25) is 10.1 Å². The molecule has 1 spiro atoms. The minimum Gasteiger partial charge on any atom is -0.318 e. The first-order valence-electron chi connectivity index (χ1n) is 10.0. The van der Waals surface area contributed by atoms with Crippen molar-refractivity contribution >= 4 is 24.0 Å². The highest BCUT2D eigenvalue weighted by Gasteiger charge is 2.55. The molecule has 0 aliphatic carbocycles. The van der Waals surface area contributed by atoms with Crippen LogP contribution in [0, 0.1) is 13.8 Å². The number of anilines is 1. The second-order valence-corrected chi connectivity index (χ2v) is 7.69. The highest BCUT2D eigenvalue weighted by atomic mass is 35.5. The van der Waals surface area contributed by atoms with Gasteiger partial charge in [-0.1, -0.05) is 36.4 Å². The molecule has 1 aromatic heterocycles. The van der Waals surface area contributed by atoms with Gasteiger partial charge in [0.2, 0.25) is 0 Å². The van der Waals surface area contributed by atoms with Crippen molar-refractivity contribution in [3.63, 3.8) is 0 Å². The number of halogens is 1. The molecule has 0 bridgehead atoms. The minimum atomic E-state index is -0.783. The fraction of sp³-hybridized carbons (Fsp3) is 0.292. The molecule has 1 atom stereocenters. The Hall–Kier alpha value is -2.56. The van der Waals surface area contributed by atoms with Crippen LogP contribution in [-0.4, -0.2) is 23.6 Å². The van der Waals surface area contributed by atoms with Crippen LogP contribution < -0.4 is 10.2 Å². The average Bonchev–Trinajstić information content (AvgIpc) is 3.12. The number of likely N-dealkylation sites (N-methyl/N-ethyl adjacent to an activating group) is 1. The number of hydrogen-bond donors (Lipinski definition) is 1. The van der Waals surface area contributed by atoms with Gasteiger partial charge in [0, 0.05) is 47.0 Å². The van der Waals surface area contributed by atoms with Crippen molar-refractivity contribution in [2.24, 2.45) is 0 Å². The number of para-hydroxylation sites is 2. The zero-order valence-electron chi connectivity index (χ0n) is 17.0. The average molecular weight is 408 g/mol. The van der Waals surface area contributed by atoms with Crippen molar-refractivity contribution in [3.8, 4) is 5.69 Å². The summed E-state index contributed by atoms with van der Waals surface area (Å²) in [6.07, 6.45) is 0.936. The van der Waals surface area contributed by atoms with Crippen molar-refractivity contribution in [1.82, 2.24) is 9.88 Å². The molecule has 3 aromatic rings. The van der Waals surface area contributed by atoms with Crippen molar-refractivity contribution in [3.05, 3.63) is 82.7 Å². The minimum absolute atomic E-state index is 0. The quantitative estimate of drug-likeness (QED) is 0.688. The third kappa shape index (κ3) is 2.46. The maximum absolute atomic E-state index is 13.8. The molecule has 0 saturated heterocycles. The second kappa shape index (κ2) is 7.05. The number of rotatable bonds is 2. The summed E-state index contributed by atoms with van der Waals surface area (Å²) in [4.78, 5) is 15.7. The molecule has 1 amide bonds. The number of aromatic nitrogens is 1. The molecule has 4 nitrogen and oxygen atoms in total. The fourth-order valence-electron chi connectivity index (χ4n) is 5.31. The van der Waals surface area contributed by atoms with E-state index < -0.39 is 5.54 Å². The zero-order valence-corrected chi connectivity index (χ0v) is 17.8. The van der Waals surface area contributed by atoms with Crippen LogP contribution in [0.25, 0.3) is 5.69 Å². The molecule has 5 heteroatoms. The predicted octanol–water partition coefficient (Wildman–Crippen LogP) is 4.27. The highest BCUT2D eigenvalue weighted by Crippen LogP contribution is 2.49. The summed E-state index contributed by atoms with van der Waals surface area (Å²) in [5.41, 5.74) is 7.31. The van der Waals surface area contributed by atoms with Crippen LogP contribution in [-0.2, 0) is 16.8 Å². The second-order valence-electron chi connectivity index (χ2n) is 7.69. The Balaban J connectivity index is 0.00000205. The van der Waals surface area contributed by atoms with Crippen LogP contribution in [0.3, 0.4) is 0 Å². The Morgan fingerprint density at radius 2 is 1.69 bits per heavy atom. The van der Waals surface area contributed by atoms with Gasteiger partial charge in [-0.25, -0.2) is 0 Å². The Bertz CT molecular complexity index is 1090. The Labute approximate surface area is 177 Å². The number of carbonyl (C=O) groups is 1. The Morgan fingerprint density at radius 3 is 2.41 bits per heavy atom. The Kier molecular flexibility index (Phi) is 4.80. The molecule has 0 fully saturated rings. The number of nitrogens with one attached hydrogen (secondary N) is 1. The lowest BCUT2D eigenvalue weighted by Crippen LogP contribution is -2.55. The molecule has 3 heterocycles. The molecule has 1 unspecified atom stereocenters. The molecule has 5 rings (SSSR count). The first kappa shape index (κ1) is 19.7. The van der Waals surface area contributed by atoms with Crippen molar-refractivity contribution in [1.29, 1.82) is 0 Å². The van der Waals surface area contributed by atoms with Crippen LogP contribution in [0.2, 0.25) is 0 Å². The fourth-order valence-corrected chi connectivity index (χ4v) is 5.31. The number of hydrogen-bond acceptors (Lipinski definition) is 2. The Morgan fingerprint density at radius 1 is 1.00 bits per heavy atom. The van der Waals surface area contributed by atoms with Gasteiger partial charge in [-0.2, -0.15) is 0 Å². The summed E-state index contributed by atoms with van der Waals surface area (Å²) in [5.74, 6) is 0.144. The molecule has 1 N–H and O–H groups in total. The van der Waals surface area contributed by atoms with Gasteiger partial charge < -0.3 is 9.47 Å². The van der Waals surface area contributed by atoms with Crippen LogP contribution in [0.1, 0.15) is 35.0 Å².